The maximum atomic E-state index is 6.35. The number of halogens is 1. The van der Waals surface area contributed by atoms with Crippen molar-refractivity contribution in [2.75, 3.05) is 0 Å². The summed E-state index contributed by atoms with van der Waals surface area (Å²) >= 11 is 6.35. The lowest BCUT2D eigenvalue weighted by Gasteiger charge is -2.10. The lowest BCUT2D eigenvalue weighted by atomic mass is 9.98. The first-order valence-electron chi connectivity index (χ1n) is 6.87. The summed E-state index contributed by atoms with van der Waals surface area (Å²) in [6.07, 6.45) is 6.15. The molecule has 0 aliphatic heterocycles. The van der Waals surface area contributed by atoms with E-state index < -0.39 is 0 Å². The minimum absolute atomic E-state index is 0.406. The lowest BCUT2D eigenvalue weighted by molar-refractivity contribution is 0.645. The smallest absolute Gasteiger partial charge is 0.0367 e. The van der Waals surface area contributed by atoms with Crippen molar-refractivity contribution in [3.63, 3.8) is 0 Å². The zero-order valence-corrected chi connectivity index (χ0v) is 11.7. The molecule has 1 atom stereocenters. The van der Waals surface area contributed by atoms with Crippen molar-refractivity contribution in [3.05, 3.63) is 35.4 Å². The minimum atomic E-state index is 0.406. The summed E-state index contributed by atoms with van der Waals surface area (Å²) < 4.78 is 0. The second kappa shape index (κ2) is 5.91. The van der Waals surface area contributed by atoms with Gasteiger partial charge in [-0.2, -0.15) is 0 Å². The average Bonchev–Trinajstić information content (AvgIpc) is 3.09. The molecule has 1 aromatic carbocycles. The molecule has 0 N–H and O–H groups in total. The van der Waals surface area contributed by atoms with Gasteiger partial charge in [-0.15, -0.1) is 11.6 Å². The van der Waals surface area contributed by atoms with E-state index in [9.17, 15) is 0 Å². The minimum Gasteiger partial charge on any atom is -0.123 e. The monoisotopic (exact) mass is 250 g/mol. The Bertz CT molecular complexity index is 352. The van der Waals surface area contributed by atoms with Gasteiger partial charge < -0.3 is 0 Å². The van der Waals surface area contributed by atoms with Crippen LogP contribution >= 0.6 is 11.6 Å². The molecule has 1 fully saturated rings. The molecule has 1 aromatic rings. The zero-order valence-electron chi connectivity index (χ0n) is 11.0. The number of rotatable bonds is 6. The van der Waals surface area contributed by atoms with Crippen molar-refractivity contribution >= 4 is 11.6 Å². The van der Waals surface area contributed by atoms with Gasteiger partial charge in [0.15, 0.2) is 0 Å². The van der Waals surface area contributed by atoms with Crippen molar-refractivity contribution in [1.82, 2.24) is 0 Å². The first kappa shape index (κ1) is 13.0. The third kappa shape index (κ3) is 4.35. The number of aryl methyl sites for hydroxylation is 1. The van der Waals surface area contributed by atoms with Crippen molar-refractivity contribution in [2.24, 2.45) is 11.8 Å². The number of hydrogen-bond donors (Lipinski definition) is 0. The molecule has 0 heterocycles. The summed E-state index contributed by atoms with van der Waals surface area (Å²) in [6.45, 7) is 4.54. The lowest BCUT2D eigenvalue weighted by Crippen LogP contribution is -2.03. The average molecular weight is 251 g/mol. The highest BCUT2D eigenvalue weighted by molar-refractivity contribution is 6.20. The van der Waals surface area contributed by atoms with Crippen LogP contribution in [0.3, 0.4) is 0 Å². The maximum absolute atomic E-state index is 6.35. The molecule has 0 saturated heterocycles. The molecule has 0 radical (unpaired) electrons. The Labute approximate surface area is 110 Å². The van der Waals surface area contributed by atoms with E-state index in [-0.39, 0.29) is 0 Å². The number of alkyl halides is 1. The van der Waals surface area contributed by atoms with Crippen molar-refractivity contribution < 1.29 is 0 Å². The summed E-state index contributed by atoms with van der Waals surface area (Å²) in [5.74, 6) is 1.55. The van der Waals surface area contributed by atoms with Crippen molar-refractivity contribution in [2.45, 2.75) is 51.3 Å². The van der Waals surface area contributed by atoms with Gasteiger partial charge >= 0.3 is 0 Å². The SMILES string of the molecule is CC(C)Cc1cccc(CCC(Cl)C2CC2)c1. The third-order valence-electron chi connectivity index (χ3n) is 3.48. The second-order valence-electron chi connectivity index (χ2n) is 5.81. The van der Waals surface area contributed by atoms with E-state index >= 15 is 0 Å². The first-order chi connectivity index (χ1) is 8.15. The van der Waals surface area contributed by atoms with Crippen LogP contribution in [0.5, 0.6) is 0 Å². The van der Waals surface area contributed by atoms with Crippen LogP contribution in [0.25, 0.3) is 0 Å². The van der Waals surface area contributed by atoms with Crippen LogP contribution < -0.4 is 0 Å². The molecule has 1 saturated carbocycles. The molecule has 17 heavy (non-hydrogen) atoms. The molecule has 2 rings (SSSR count). The fourth-order valence-electron chi connectivity index (χ4n) is 2.38. The van der Waals surface area contributed by atoms with E-state index in [1.165, 1.54) is 30.4 Å². The molecule has 0 amide bonds. The van der Waals surface area contributed by atoms with E-state index in [0.717, 1.165) is 24.7 Å². The van der Waals surface area contributed by atoms with Gasteiger partial charge in [-0.05, 0) is 55.1 Å². The summed E-state index contributed by atoms with van der Waals surface area (Å²) in [7, 11) is 0. The van der Waals surface area contributed by atoms with E-state index in [1.54, 1.807) is 0 Å². The molecule has 0 spiro atoms. The van der Waals surface area contributed by atoms with Crippen LogP contribution in [-0.4, -0.2) is 5.38 Å². The third-order valence-corrected chi connectivity index (χ3v) is 4.05. The zero-order chi connectivity index (χ0) is 12.3. The first-order valence-corrected chi connectivity index (χ1v) is 7.30. The van der Waals surface area contributed by atoms with Gasteiger partial charge in [0.05, 0.1) is 0 Å². The molecule has 1 aliphatic rings. The molecule has 94 valence electrons. The summed E-state index contributed by atoms with van der Waals surface area (Å²) in [5.41, 5.74) is 2.92. The van der Waals surface area contributed by atoms with Gasteiger partial charge in [-0.1, -0.05) is 38.1 Å². The maximum Gasteiger partial charge on any atom is 0.0367 e. The highest BCUT2D eigenvalue weighted by atomic mass is 35.5. The highest BCUT2D eigenvalue weighted by Crippen LogP contribution is 2.37. The summed E-state index contributed by atoms with van der Waals surface area (Å²) in [6, 6.07) is 9.02. The standard InChI is InChI=1S/C16H23Cl/c1-12(2)10-14-5-3-4-13(11-14)6-9-16(17)15-7-8-15/h3-5,11-12,15-16H,6-10H2,1-2H3. The fraction of sp³-hybridized carbons (Fsp3) is 0.625. The molecular weight excluding hydrogens is 228 g/mol. The van der Waals surface area contributed by atoms with Crippen LogP contribution in [0, 0.1) is 11.8 Å². The fourth-order valence-corrected chi connectivity index (χ4v) is 2.74. The highest BCUT2D eigenvalue weighted by Gasteiger charge is 2.29. The summed E-state index contributed by atoms with van der Waals surface area (Å²) in [5, 5.41) is 0.406. The largest absolute Gasteiger partial charge is 0.123 e. The Morgan fingerprint density at radius 2 is 1.94 bits per heavy atom. The van der Waals surface area contributed by atoms with E-state index in [1.807, 2.05) is 0 Å². The van der Waals surface area contributed by atoms with Crippen LogP contribution in [0.4, 0.5) is 0 Å². The van der Waals surface area contributed by atoms with Crippen LogP contribution in [0.2, 0.25) is 0 Å². The van der Waals surface area contributed by atoms with Crippen LogP contribution in [0.1, 0.15) is 44.2 Å². The Morgan fingerprint density at radius 3 is 2.59 bits per heavy atom. The predicted octanol–water partition coefficient (Wildman–Crippen LogP) is 4.84. The quantitative estimate of drug-likeness (QED) is 0.634. The Balaban J connectivity index is 1.86. The van der Waals surface area contributed by atoms with Gasteiger partial charge in [0.1, 0.15) is 0 Å². The number of hydrogen-bond acceptors (Lipinski definition) is 0. The second-order valence-corrected chi connectivity index (χ2v) is 6.37. The van der Waals surface area contributed by atoms with Crippen LogP contribution in [0.15, 0.2) is 24.3 Å². The van der Waals surface area contributed by atoms with E-state index in [0.29, 0.717) is 5.38 Å². The Hall–Kier alpha value is -0.490. The van der Waals surface area contributed by atoms with Crippen molar-refractivity contribution in [1.29, 1.82) is 0 Å². The van der Waals surface area contributed by atoms with Gasteiger partial charge in [0.2, 0.25) is 0 Å². The molecule has 0 nitrogen and oxygen atoms in total. The van der Waals surface area contributed by atoms with Crippen LogP contribution in [-0.2, 0) is 12.8 Å². The van der Waals surface area contributed by atoms with Gasteiger partial charge in [-0.25, -0.2) is 0 Å². The normalized spacial score (nSPS) is 17.4. The molecule has 0 bridgehead atoms. The van der Waals surface area contributed by atoms with Gasteiger partial charge in [0.25, 0.3) is 0 Å². The molecule has 1 unspecified atom stereocenters. The molecule has 1 heteroatoms. The van der Waals surface area contributed by atoms with E-state index in [2.05, 4.69) is 38.1 Å². The Kier molecular flexibility index (Phi) is 4.50. The topological polar surface area (TPSA) is 0 Å². The number of benzene rings is 1. The molecule has 0 aromatic heterocycles. The molecule has 1 aliphatic carbocycles. The predicted molar refractivity (Wildman–Crippen MR) is 75.7 cm³/mol. The van der Waals surface area contributed by atoms with E-state index in [4.69, 9.17) is 11.6 Å². The van der Waals surface area contributed by atoms with Crippen molar-refractivity contribution in [3.8, 4) is 0 Å². The van der Waals surface area contributed by atoms with Gasteiger partial charge in [-0.3, -0.25) is 0 Å². The summed E-state index contributed by atoms with van der Waals surface area (Å²) in [4.78, 5) is 0. The Morgan fingerprint density at radius 1 is 1.24 bits per heavy atom. The molecular formula is C16H23Cl. The van der Waals surface area contributed by atoms with Gasteiger partial charge in [0, 0.05) is 5.38 Å².